The molecule has 3 rings (SSSR count). The highest BCUT2D eigenvalue weighted by Crippen LogP contribution is 2.30. The summed E-state index contributed by atoms with van der Waals surface area (Å²) >= 11 is 12.8. The molecule has 0 bridgehead atoms. The molecule has 7 nitrogen and oxygen atoms in total. The van der Waals surface area contributed by atoms with Crippen LogP contribution >= 0.6 is 23.2 Å². The van der Waals surface area contributed by atoms with Gasteiger partial charge in [-0.1, -0.05) is 59.1 Å². The molecule has 0 aromatic heterocycles. The van der Waals surface area contributed by atoms with E-state index in [2.05, 4.69) is 5.32 Å². The number of amides is 2. The normalized spacial score (nSPS) is 12.1. The Kier molecular flexibility index (Phi) is 10.0. The molecular formula is C29H33Cl2N3O4S. The summed E-state index contributed by atoms with van der Waals surface area (Å²) in [6, 6.07) is 15.8. The van der Waals surface area contributed by atoms with E-state index in [-0.39, 0.29) is 17.3 Å². The maximum absolute atomic E-state index is 14.0. The third-order valence-electron chi connectivity index (χ3n) is 6.64. The van der Waals surface area contributed by atoms with Gasteiger partial charge < -0.3 is 10.2 Å². The molecule has 0 radical (unpaired) electrons. The van der Waals surface area contributed by atoms with Gasteiger partial charge in [-0.3, -0.25) is 13.9 Å². The zero-order valence-corrected chi connectivity index (χ0v) is 25.0. The van der Waals surface area contributed by atoms with E-state index >= 15 is 0 Å². The van der Waals surface area contributed by atoms with Gasteiger partial charge in [0.2, 0.25) is 11.8 Å². The smallest absolute Gasteiger partial charge is 0.264 e. The van der Waals surface area contributed by atoms with E-state index in [4.69, 9.17) is 23.2 Å². The van der Waals surface area contributed by atoms with Crippen LogP contribution in [-0.2, 0) is 26.2 Å². The number of nitrogens with one attached hydrogen (secondary N) is 1. The van der Waals surface area contributed by atoms with Crippen molar-refractivity contribution in [2.24, 2.45) is 0 Å². The van der Waals surface area contributed by atoms with Crippen molar-refractivity contribution in [1.29, 1.82) is 0 Å². The minimum absolute atomic E-state index is 0.0549. The topological polar surface area (TPSA) is 86.8 Å². The van der Waals surface area contributed by atoms with Gasteiger partial charge in [0.25, 0.3) is 10.0 Å². The van der Waals surface area contributed by atoms with Crippen molar-refractivity contribution in [3.63, 3.8) is 0 Å². The zero-order valence-electron chi connectivity index (χ0n) is 22.7. The van der Waals surface area contributed by atoms with E-state index in [1.165, 1.54) is 17.0 Å². The molecule has 0 spiro atoms. The highest BCUT2D eigenvalue weighted by atomic mass is 35.5. The SMILES string of the molecule is CCNC(=O)[C@H](C)N(Cc1c(Cl)cccc1Cl)C(=O)CN(c1cccc(C)c1C)S(=O)(=O)c1ccc(C)cc1. The van der Waals surface area contributed by atoms with Gasteiger partial charge in [-0.05, 0) is 76.1 Å². The van der Waals surface area contributed by atoms with Crippen molar-refractivity contribution in [3.8, 4) is 0 Å². The fraction of sp³-hybridized carbons (Fsp3) is 0.310. The van der Waals surface area contributed by atoms with E-state index in [0.29, 0.717) is 27.8 Å². The molecule has 3 aromatic rings. The standard InChI is InChI=1S/C29H33Cl2N3O4S/c1-6-32-29(36)22(5)33(17-24-25(30)10-8-11-26(24)31)28(35)18-34(27-12-7-9-20(3)21(27)4)39(37,38)23-15-13-19(2)14-16-23/h7-16,22H,6,17-18H2,1-5H3,(H,32,36)/t22-/m0/s1. The molecule has 0 saturated carbocycles. The number of anilines is 1. The van der Waals surface area contributed by atoms with E-state index in [9.17, 15) is 18.0 Å². The Morgan fingerprint density at radius 2 is 1.51 bits per heavy atom. The predicted octanol–water partition coefficient (Wildman–Crippen LogP) is 5.67. The quantitative estimate of drug-likeness (QED) is 0.330. The Balaban J connectivity index is 2.11. The number of likely N-dealkylation sites (N-methyl/N-ethyl adjacent to an activating group) is 1. The monoisotopic (exact) mass is 589 g/mol. The van der Waals surface area contributed by atoms with E-state index in [0.717, 1.165) is 21.0 Å². The highest BCUT2D eigenvalue weighted by molar-refractivity contribution is 7.92. The van der Waals surface area contributed by atoms with Crippen LogP contribution in [0.2, 0.25) is 10.0 Å². The molecule has 1 N–H and O–H groups in total. The number of aryl methyl sites for hydroxylation is 2. The molecule has 10 heteroatoms. The van der Waals surface area contributed by atoms with Gasteiger partial charge in [-0.25, -0.2) is 8.42 Å². The van der Waals surface area contributed by atoms with Crippen molar-refractivity contribution in [3.05, 3.63) is 93.0 Å². The van der Waals surface area contributed by atoms with Crippen molar-refractivity contribution >= 4 is 50.7 Å². The molecule has 0 aliphatic heterocycles. The molecule has 0 unspecified atom stereocenters. The Morgan fingerprint density at radius 1 is 0.923 bits per heavy atom. The summed E-state index contributed by atoms with van der Waals surface area (Å²) in [5.74, 6) is -0.963. The van der Waals surface area contributed by atoms with Crippen LogP contribution in [0.15, 0.2) is 65.6 Å². The van der Waals surface area contributed by atoms with Gasteiger partial charge in [-0.15, -0.1) is 0 Å². The molecule has 0 aliphatic carbocycles. The summed E-state index contributed by atoms with van der Waals surface area (Å²) in [5, 5.41) is 3.40. The van der Waals surface area contributed by atoms with E-state index in [1.54, 1.807) is 56.3 Å². The molecule has 208 valence electrons. The summed E-state index contributed by atoms with van der Waals surface area (Å²) in [6.45, 7) is 8.67. The number of benzene rings is 3. The lowest BCUT2D eigenvalue weighted by atomic mass is 10.1. The van der Waals surface area contributed by atoms with Crippen LogP contribution in [0.3, 0.4) is 0 Å². The minimum Gasteiger partial charge on any atom is -0.355 e. The Hall–Kier alpha value is -3.07. The molecular weight excluding hydrogens is 557 g/mol. The summed E-state index contributed by atoms with van der Waals surface area (Å²) in [7, 11) is -4.15. The third kappa shape index (κ3) is 6.93. The first-order valence-electron chi connectivity index (χ1n) is 12.5. The van der Waals surface area contributed by atoms with Crippen molar-refractivity contribution in [2.75, 3.05) is 17.4 Å². The number of sulfonamides is 1. The fourth-order valence-corrected chi connectivity index (χ4v) is 6.10. The van der Waals surface area contributed by atoms with Gasteiger partial charge in [0.05, 0.1) is 10.6 Å². The zero-order chi connectivity index (χ0) is 28.9. The molecule has 2 amide bonds. The Morgan fingerprint density at radius 3 is 2.10 bits per heavy atom. The minimum atomic E-state index is -4.15. The van der Waals surface area contributed by atoms with Gasteiger partial charge in [0, 0.05) is 28.7 Å². The van der Waals surface area contributed by atoms with Crippen LogP contribution < -0.4 is 9.62 Å². The lowest BCUT2D eigenvalue weighted by Gasteiger charge is -2.33. The van der Waals surface area contributed by atoms with Gasteiger partial charge >= 0.3 is 0 Å². The Labute approximate surface area is 240 Å². The van der Waals surface area contributed by atoms with Crippen LogP contribution in [-0.4, -0.2) is 44.3 Å². The maximum Gasteiger partial charge on any atom is 0.264 e. The summed E-state index contributed by atoms with van der Waals surface area (Å²) in [6.07, 6.45) is 0. The van der Waals surface area contributed by atoms with Crippen LogP contribution in [0, 0.1) is 20.8 Å². The molecule has 0 aliphatic rings. The maximum atomic E-state index is 14.0. The van der Waals surface area contributed by atoms with Crippen molar-refractivity contribution in [2.45, 2.75) is 52.1 Å². The average Bonchev–Trinajstić information content (AvgIpc) is 2.89. The van der Waals surface area contributed by atoms with Crippen LogP contribution in [0.25, 0.3) is 0 Å². The van der Waals surface area contributed by atoms with Crippen LogP contribution in [0.1, 0.15) is 36.1 Å². The third-order valence-corrected chi connectivity index (χ3v) is 9.12. The molecule has 0 heterocycles. The summed E-state index contributed by atoms with van der Waals surface area (Å²) in [5.41, 5.74) is 3.34. The number of hydrogen-bond acceptors (Lipinski definition) is 4. The fourth-order valence-electron chi connectivity index (χ4n) is 4.11. The van der Waals surface area contributed by atoms with Gasteiger partial charge in [0.15, 0.2) is 0 Å². The second kappa shape index (κ2) is 12.9. The predicted molar refractivity (Wildman–Crippen MR) is 157 cm³/mol. The lowest BCUT2D eigenvalue weighted by Crippen LogP contribution is -2.51. The molecule has 0 fully saturated rings. The number of nitrogens with zero attached hydrogens (tertiary/aromatic N) is 2. The molecule has 1 atom stereocenters. The molecule has 3 aromatic carbocycles. The van der Waals surface area contributed by atoms with Gasteiger partial charge in [-0.2, -0.15) is 0 Å². The van der Waals surface area contributed by atoms with Crippen molar-refractivity contribution < 1.29 is 18.0 Å². The average molecular weight is 591 g/mol. The number of halogens is 2. The lowest BCUT2D eigenvalue weighted by molar-refractivity contribution is -0.139. The molecule has 0 saturated heterocycles. The second-order valence-electron chi connectivity index (χ2n) is 9.34. The number of rotatable bonds is 10. The first-order valence-corrected chi connectivity index (χ1v) is 14.7. The number of hydrogen-bond donors (Lipinski definition) is 1. The van der Waals surface area contributed by atoms with E-state index in [1.807, 2.05) is 26.8 Å². The van der Waals surface area contributed by atoms with Gasteiger partial charge in [0.1, 0.15) is 12.6 Å². The summed E-state index contributed by atoms with van der Waals surface area (Å²) in [4.78, 5) is 28.2. The summed E-state index contributed by atoms with van der Waals surface area (Å²) < 4.78 is 29.0. The van der Waals surface area contributed by atoms with E-state index < -0.39 is 28.5 Å². The highest BCUT2D eigenvalue weighted by Gasteiger charge is 2.33. The molecule has 39 heavy (non-hydrogen) atoms. The van der Waals surface area contributed by atoms with Crippen molar-refractivity contribution in [1.82, 2.24) is 10.2 Å². The van der Waals surface area contributed by atoms with Crippen LogP contribution in [0.4, 0.5) is 5.69 Å². The Bertz CT molecular complexity index is 1440. The second-order valence-corrected chi connectivity index (χ2v) is 12.0. The number of carbonyl (C=O) groups excluding carboxylic acids is 2. The number of carbonyl (C=O) groups is 2. The first kappa shape index (κ1) is 30.5. The van der Waals surface area contributed by atoms with Crippen LogP contribution in [0.5, 0.6) is 0 Å². The first-order chi connectivity index (χ1) is 18.4. The largest absolute Gasteiger partial charge is 0.355 e.